The van der Waals surface area contributed by atoms with Crippen molar-refractivity contribution in [1.29, 1.82) is 0 Å². The molecule has 1 atom stereocenters. The molecule has 1 saturated heterocycles. The molecule has 0 saturated carbocycles. The van der Waals surface area contributed by atoms with Crippen molar-refractivity contribution >= 4 is 23.2 Å². The summed E-state index contributed by atoms with van der Waals surface area (Å²) in [5.74, 6) is 1.74. The van der Waals surface area contributed by atoms with Crippen molar-refractivity contribution < 1.29 is 9.53 Å². The minimum absolute atomic E-state index is 0.267. The normalized spacial score (nSPS) is 18.3. The number of ether oxygens (including phenoxy) is 1. The van der Waals surface area contributed by atoms with Crippen molar-refractivity contribution in [2.45, 2.75) is 39.8 Å². The van der Waals surface area contributed by atoms with Gasteiger partial charge in [-0.25, -0.2) is 14.8 Å². The number of morpholine rings is 1. The number of carbonyl (C=O) groups excluding carboxylic acids is 1. The summed E-state index contributed by atoms with van der Waals surface area (Å²) in [5, 5.41) is 12.4. The van der Waals surface area contributed by atoms with Gasteiger partial charge in [-0.15, -0.1) is 0 Å². The van der Waals surface area contributed by atoms with E-state index in [-0.39, 0.29) is 12.1 Å². The molecule has 184 valence electrons. The number of carbonyl (C=O) groups is 1. The molecule has 0 aliphatic carbocycles. The summed E-state index contributed by atoms with van der Waals surface area (Å²) < 4.78 is 5.67. The maximum atomic E-state index is 12.3. The zero-order chi connectivity index (χ0) is 24.4. The van der Waals surface area contributed by atoms with Crippen LogP contribution in [0.4, 0.5) is 22.0 Å². The molecule has 0 unspecified atom stereocenters. The molecule has 2 aliphatic heterocycles. The van der Waals surface area contributed by atoms with Gasteiger partial charge in [-0.3, -0.25) is 10.00 Å². The lowest BCUT2D eigenvalue weighted by Gasteiger charge is -2.37. The quantitative estimate of drug-likeness (QED) is 0.517. The molecule has 35 heavy (non-hydrogen) atoms. The first-order valence-corrected chi connectivity index (χ1v) is 12.2. The third-order valence-electron chi connectivity index (χ3n) is 6.69. The number of urea groups is 1. The monoisotopic (exact) mass is 476 g/mol. The maximum Gasteiger partial charge on any atom is 0.323 e. The van der Waals surface area contributed by atoms with Crippen LogP contribution >= 0.6 is 0 Å². The summed E-state index contributed by atoms with van der Waals surface area (Å²) in [6.45, 7) is 11.3. The molecular formula is C25H32N8O2. The number of anilines is 3. The molecular weight excluding hydrogens is 444 g/mol. The van der Waals surface area contributed by atoms with Crippen LogP contribution in [0.2, 0.25) is 0 Å². The Hall–Kier alpha value is -3.50. The molecule has 4 heterocycles. The second kappa shape index (κ2) is 10.0. The molecule has 0 radical (unpaired) electrons. The summed E-state index contributed by atoms with van der Waals surface area (Å²) in [7, 11) is 0. The molecule has 0 bridgehead atoms. The fourth-order valence-electron chi connectivity index (χ4n) is 4.61. The number of nitrogens with one attached hydrogen (secondary N) is 3. The largest absolute Gasteiger partial charge is 0.377 e. The van der Waals surface area contributed by atoms with Crippen molar-refractivity contribution in [3.63, 3.8) is 0 Å². The molecule has 10 heteroatoms. The van der Waals surface area contributed by atoms with Crippen molar-refractivity contribution in [2.24, 2.45) is 0 Å². The molecule has 1 fully saturated rings. The van der Waals surface area contributed by atoms with Crippen LogP contribution in [0.25, 0.3) is 11.4 Å². The summed E-state index contributed by atoms with van der Waals surface area (Å²) in [6.07, 6.45) is 2.54. The third kappa shape index (κ3) is 4.98. The van der Waals surface area contributed by atoms with Crippen LogP contribution in [-0.2, 0) is 17.7 Å². The Kier molecular flexibility index (Phi) is 6.65. The van der Waals surface area contributed by atoms with Crippen LogP contribution in [0.5, 0.6) is 0 Å². The average molecular weight is 477 g/mol. The van der Waals surface area contributed by atoms with E-state index in [4.69, 9.17) is 14.7 Å². The number of aryl methyl sites for hydroxylation is 1. The molecule has 3 N–H and O–H groups in total. The van der Waals surface area contributed by atoms with E-state index in [1.54, 1.807) is 6.20 Å². The lowest BCUT2D eigenvalue weighted by Crippen LogP contribution is -2.45. The second-order valence-electron chi connectivity index (χ2n) is 9.10. The van der Waals surface area contributed by atoms with Crippen molar-refractivity contribution in [1.82, 2.24) is 25.1 Å². The highest BCUT2D eigenvalue weighted by Crippen LogP contribution is 2.31. The first-order chi connectivity index (χ1) is 17.0. The first kappa shape index (κ1) is 23.3. The second-order valence-corrected chi connectivity index (χ2v) is 9.10. The van der Waals surface area contributed by atoms with Gasteiger partial charge < -0.3 is 20.3 Å². The van der Waals surface area contributed by atoms with Crippen molar-refractivity contribution in [3.05, 3.63) is 47.4 Å². The summed E-state index contributed by atoms with van der Waals surface area (Å²) in [5.41, 5.74) is 5.41. The van der Waals surface area contributed by atoms with Gasteiger partial charge in [0.2, 0.25) is 0 Å². The fourth-order valence-corrected chi connectivity index (χ4v) is 4.61. The van der Waals surface area contributed by atoms with Crippen LogP contribution in [-0.4, -0.2) is 70.0 Å². The van der Waals surface area contributed by atoms with Gasteiger partial charge in [0.15, 0.2) is 5.82 Å². The number of hydrogen-bond donors (Lipinski definition) is 3. The SMILES string of the molecule is CCN1CCc2c(nc(-c3ccc(NC(=O)Nc4cn[nH]c4C)cc3)nc2N2CCOC[C@@H]2C)C1. The minimum Gasteiger partial charge on any atom is -0.377 e. The Labute approximate surface area is 205 Å². The van der Waals surface area contributed by atoms with E-state index in [2.05, 4.69) is 44.5 Å². The van der Waals surface area contributed by atoms with Gasteiger partial charge in [0, 0.05) is 36.4 Å². The maximum absolute atomic E-state index is 12.3. The van der Waals surface area contributed by atoms with Crippen LogP contribution in [0.15, 0.2) is 30.5 Å². The zero-order valence-corrected chi connectivity index (χ0v) is 20.5. The molecule has 2 aromatic heterocycles. The number of H-pyrrole nitrogens is 1. The third-order valence-corrected chi connectivity index (χ3v) is 6.69. The van der Waals surface area contributed by atoms with E-state index in [0.29, 0.717) is 30.4 Å². The summed E-state index contributed by atoms with van der Waals surface area (Å²) >= 11 is 0. The van der Waals surface area contributed by atoms with Gasteiger partial charge in [0.25, 0.3) is 0 Å². The number of benzene rings is 1. The first-order valence-electron chi connectivity index (χ1n) is 12.2. The molecule has 2 aliphatic rings. The van der Waals surface area contributed by atoms with Gasteiger partial charge in [0.05, 0.1) is 42.5 Å². The number of aromatic nitrogens is 4. The number of likely N-dealkylation sites (N-methyl/N-ethyl adjacent to an activating group) is 1. The average Bonchev–Trinajstić information content (AvgIpc) is 3.27. The number of nitrogens with zero attached hydrogens (tertiary/aromatic N) is 5. The number of hydrogen-bond acceptors (Lipinski definition) is 7. The van der Waals surface area contributed by atoms with Gasteiger partial charge in [-0.2, -0.15) is 5.10 Å². The highest BCUT2D eigenvalue weighted by molar-refractivity contribution is 6.00. The summed E-state index contributed by atoms with van der Waals surface area (Å²) in [4.78, 5) is 27.2. The van der Waals surface area contributed by atoms with Crippen LogP contribution < -0.4 is 15.5 Å². The number of rotatable bonds is 5. The molecule has 3 aromatic rings. The lowest BCUT2D eigenvalue weighted by molar-refractivity contribution is 0.0983. The zero-order valence-electron chi connectivity index (χ0n) is 20.5. The smallest absolute Gasteiger partial charge is 0.323 e. The number of fused-ring (bicyclic) bond motifs is 1. The minimum atomic E-state index is -0.324. The van der Waals surface area contributed by atoms with Crippen molar-refractivity contribution in [3.8, 4) is 11.4 Å². The van der Waals surface area contributed by atoms with E-state index in [9.17, 15) is 4.79 Å². The highest BCUT2D eigenvalue weighted by atomic mass is 16.5. The van der Waals surface area contributed by atoms with E-state index in [1.807, 2.05) is 31.2 Å². The Morgan fingerprint density at radius 3 is 2.74 bits per heavy atom. The molecule has 2 amide bonds. The van der Waals surface area contributed by atoms with E-state index < -0.39 is 0 Å². The Morgan fingerprint density at radius 1 is 1.20 bits per heavy atom. The van der Waals surface area contributed by atoms with E-state index in [0.717, 1.165) is 55.4 Å². The van der Waals surface area contributed by atoms with Gasteiger partial charge in [-0.05, 0) is 51.1 Å². The van der Waals surface area contributed by atoms with Crippen LogP contribution in [0.3, 0.4) is 0 Å². The molecule has 0 spiro atoms. The Morgan fingerprint density at radius 2 is 2.03 bits per heavy atom. The fraction of sp³-hybridized carbons (Fsp3) is 0.440. The van der Waals surface area contributed by atoms with Gasteiger partial charge in [0.1, 0.15) is 5.82 Å². The van der Waals surface area contributed by atoms with Gasteiger partial charge >= 0.3 is 6.03 Å². The number of amides is 2. The lowest BCUT2D eigenvalue weighted by atomic mass is 10.0. The Bertz CT molecular complexity index is 1190. The van der Waals surface area contributed by atoms with E-state index >= 15 is 0 Å². The topological polar surface area (TPSA) is 111 Å². The highest BCUT2D eigenvalue weighted by Gasteiger charge is 2.28. The predicted molar refractivity (Wildman–Crippen MR) is 136 cm³/mol. The Balaban J connectivity index is 1.40. The van der Waals surface area contributed by atoms with Crippen LogP contribution in [0, 0.1) is 6.92 Å². The van der Waals surface area contributed by atoms with Crippen molar-refractivity contribution in [2.75, 3.05) is 48.4 Å². The standard InChI is InChI=1S/C25H32N8O2/c1-4-32-10-9-20-22(14-32)28-23(30-24(20)33-11-12-35-15-16(33)2)18-5-7-19(8-6-18)27-25(34)29-21-13-26-31-17(21)3/h5-8,13,16H,4,9-12,14-15H2,1-3H3,(H,26,31)(H2,27,29,34)/t16-/m0/s1. The molecule has 5 rings (SSSR count). The van der Waals surface area contributed by atoms with E-state index in [1.165, 1.54) is 5.56 Å². The molecule has 1 aromatic carbocycles. The number of aromatic amines is 1. The summed E-state index contributed by atoms with van der Waals surface area (Å²) in [6, 6.07) is 7.59. The molecule has 10 nitrogen and oxygen atoms in total. The van der Waals surface area contributed by atoms with Gasteiger partial charge in [-0.1, -0.05) is 6.92 Å². The predicted octanol–water partition coefficient (Wildman–Crippen LogP) is 3.42. The van der Waals surface area contributed by atoms with Crippen LogP contribution in [0.1, 0.15) is 30.8 Å².